The molecule has 21 heavy (non-hydrogen) atoms. The number of halogens is 1. The Labute approximate surface area is 134 Å². The highest BCUT2D eigenvalue weighted by molar-refractivity contribution is 9.10. The predicted octanol–water partition coefficient (Wildman–Crippen LogP) is 3.28. The molecule has 0 aromatic heterocycles. The Morgan fingerprint density at radius 2 is 2.14 bits per heavy atom. The van der Waals surface area contributed by atoms with Crippen molar-refractivity contribution >= 4 is 33.4 Å². The lowest BCUT2D eigenvalue weighted by atomic mass is 10.1. The van der Waals surface area contributed by atoms with Crippen LogP contribution in [0.15, 0.2) is 28.7 Å². The highest BCUT2D eigenvalue weighted by Gasteiger charge is 2.34. The Balaban J connectivity index is 1.92. The van der Waals surface area contributed by atoms with E-state index in [0.29, 0.717) is 18.9 Å². The lowest BCUT2D eigenvalue weighted by molar-refractivity contribution is -0.128. The van der Waals surface area contributed by atoms with E-state index in [4.69, 9.17) is 0 Å². The minimum atomic E-state index is -0.253. The van der Waals surface area contributed by atoms with Crippen molar-refractivity contribution in [2.45, 2.75) is 26.7 Å². The Kier molecular flexibility index (Phi) is 5.39. The molecule has 114 valence electrons. The van der Waals surface area contributed by atoms with Crippen LogP contribution < -0.4 is 5.32 Å². The van der Waals surface area contributed by atoms with Gasteiger partial charge >= 0.3 is 0 Å². The zero-order valence-electron chi connectivity index (χ0n) is 12.4. The highest BCUT2D eigenvalue weighted by atomic mass is 79.9. The van der Waals surface area contributed by atoms with Gasteiger partial charge in [-0.15, -0.1) is 0 Å². The summed E-state index contributed by atoms with van der Waals surface area (Å²) in [4.78, 5) is 26.1. The topological polar surface area (TPSA) is 49.4 Å². The van der Waals surface area contributed by atoms with E-state index in [-0.39, 0.29) is 17.7 Å². The monoisotopic (exact) mass is 352 g/mol. The van der Waals surface area contributed by atoms with E-state index in [9.17, 15) is 9.59 Å². The number of para-hydroxylation sites is 1. The van der Waals surface area contributed by atoms with Crippen molar-refractivity contribution in [2.24, 2.45) is 11.8 Å². The molecular weight excluding hydrogens is 332 g/mol. The average molecular weight is 353 g/mol. The Morgan fingerprint density at radius 1 is 1.43 bits per heavy atom. The number of amides is 2. The smallest absolute Gasteiger partial charge is 0.229 e. The Bertz CT molecular complexity index is 531. The number of carbonyl (C=O) groups is 2. The third-order valence-corrected chi connectivity index (χ3v) is 4.38. The number of nitrogens with zero attached hydrogens (tertiary/aromatic N) is 1. The minimum absolute atomic E-state index is 0.0812. The van der Waals surface area contributed by atoms with Gasteiger partial charge in [0.1, 0.15) is 0 Å². The zero-order chi connectivity index (χ0) is 15.4. The second-order valence-corrected chi connectivity index (χ2v) is 6.75. The van der Waals surface area contributed by atoms with Crippen LogP contribution in [0.5, 0.6) is 0 Å². The van der Waals surface area contributed by atoms with Crippen molar-refractivity contribution in [3.63, 3.8) is 0 Å². The molecule has 1 fully saturated rings. The van der Waals surface area contributed by atoms with Crippen molar-refractivity contribution in [3.8, 4) is 0 Å². The molecule has 5 heteroatoms. The van der Waals surface area contributed by atoms with E-state index in [2.05, 4.69) is 35.1 Å². The molecule has 0 radical (unpaired) electrons. The molecule has 1 aromatic carbocycles. The number of anilines is 1. The van der Waals surface area contributed by atoms with E-state index in [0.717, 1.165) is 23.1 Å². The molecule has 1 aromatic rings. The second-order valence-electron chi connectivity index (χ2n) is 5.89. The molecule has 1 aliphatic rings. The molecule has 0 saturated carbocycles. The number of hydrogen-bond acceptors (Lipinski definition) is 2. The molecule has 0 bridgehead atoms. The van der Waals surface area contributed by atoms with Gasteiger partial charge in [-0.05, 0) is 40.4 Å². The van der Waals surface area contributed by atoms with Gasteiger partial charge < -0.3 is 10.2 Å². The summed E-state index contributed by atoms with van der Waals surface area (Å²) in [6.45, 7) is 5.55. The summed E-state index contributed by atoms with van der Waals surface area (Å²) in [5.41, 5.74) is 0.746. The fourth-order valence-electron chi connectivity index (χ4n) is 2.38. The molecule has 0 spiro atoms. The standard InChI is InChI=1S/C16H21BrN2O2/c1-11(2)7-8-19-10-12(9-15(19)20)16(21)18-14-6-4-3-5-13(14)17/h3-6,11-12H,7-10H2,1-2H3,(H,18,21). The van der Waals surface area contributed by atoms with Gasteiger partial charge in [-0.1, -0.05) is 26.0 Å². The van der Waals surface area contributed by atoms with Crippen LogP contribution in [0.2, 0.25) is 0 Å². The predicted molar refractivity (Wildman–Crippen MR) is 86.9 cm³/mol. The summed E-state index contributed by atoms with van der Waals surface area (Å²) in [6, 6.07) is 7.49. The van der Waals surface area contributed by atoms with Gasteiger partial charge in [-0.3, -0.25) is 9.59 Å². The highest BCUT2D eigenvalue weighted by Crippen LogP contribution is 2.24. The van der Waals surface area contributed by atoms with Crippen LogP contribution in [0.1, 0.15) is 26.7 Å². The van der Waals surface area contributed by atoms with Crippen LogP contribution in [0.4, 0.5) is 5.69 Å². The number of rotatable bonds is 5. The van der Waals surface area contributed by atoms with Crippen molar-refractivity contribution in [3.05, 3.63) is 28.7 Å². The largest absolute Gasteiger partial charge is 0.342 e. The van der Waals surface area contributed by atoms with Gasteiger partial charge in [0.25, 0.3) is 0 Å². The van der Waals surface area contributed by atoms with Gasteiger partial charge in [0.2, 0.25) is 11.8 Å². The van der Waals surface area contributed by atoms with Crippen LogP contribution in [-0.4, -0.2) is 29.8 Å². The summed E-state index contributed by atoms with van der Waals surface area (Å²) in [6.07, 6.45) is 1.29. The lowest BCUT2D eigenvalue weighted by Gasteiger charge is -2.17. The summed E-state index contributed by atoms with van der Waals surface area (Å²) < 4.78 is 0.847. The maximum absolute atomic E-state index is 12.3. The van der Waals surface area contributed by atoms with E-state index >= 15 is 0 Å². The van der Waals surface area contributed by atoms with E-state index in [1.165, 1.54) is 0 Å². The minimum Gasteiger partial charge on any atom is -0.342 e. The van der Waals surface area contributed by atoms with Crippen LogP contribution in [0, 0.1) is 11.8 Å². The number of benzene rings is 1. The molecule has 1 aliphatic heterocycles. The number of nitrogens with one attached hydrogen (secondary N) is 1. The first kappa shape index (κ1) is 16.0. The van der Waals surface area contributed by atoms with Crippen LogP contribution >= 0.6 is 15.9 Å². The molecular formula is C16H21BrN2O2. The van der Waals surface area contributed by atoms with Gasteiger partial charge in [-0.25, -0.2) is 0 Å². The van der Waals surface area contributed by atoms with E-state index in [1.54, 1.807) is 0 Å². The lowest BCUT2D eigenvalue weighted by Crippen LogP contribution is -2.29. The first-order valence-electron chi connectivity index (χ1n) is 7.30. The van der Waals surface area contributed by atoms with Gasteiger partial charge in [-0.2, -0.15) is 0 Å². The summed E-state index contributed by atoms with van der Waals surface area (Å²) in [5.74, 6) is 0.313. The maximum atomic E-state index is 12.3. The van der Waals surface area contributed by atoms with E-state index < -0.39 is 0 Å². The van der Waals surface area contributed by atoms with Crippen molar-refractivity contribution in [1.29, 1.82) is 0 Å². The third-order valence-electron chi connectivity index (χ3n) is 3.69. The second kappa shape index (κ2) is 7.07. The first-order chi connectivity index (χ1) is 9.97. The Hall–Kier alpha value is -1.36. The molecule has 1 N–H and O–H groups in total. The molecule has 1 atom stereocenters. The number of likely N-dealkylation sites (tertiary alicyclic amines) is 1. The Morgan fingerprint density at radius 3 is 2.81 bits per heavy atom. The number of carbonyl (C=O) groups excluding carboxylic acids is 2. The summed E-state index contributed by atoms with van der Waals surface area (Å²) in [5, 5.41) is 2.89. The molecule has 1 unspecified atom stereocenters. The zero-order valence-corrected chi connectivity index (χ0v) is 14.0. The van der Waals surface area contributed by atoms with Gasteiger partial charge in [0.15, 0.2) is 0 Å². The van der Waals surface area contributed by atoms with Crippen LogP contribution in [-0.2, 0) is 9.59 Å². The summed E-state index contributed by atoms with van der Waals surface area (Å²) in [7, 11) is 0. The average Bonchev–Trinajstić information content (AvgIpc) is 2.80. The summed E-state index contributed by atoms with van der Waals surface area (Å²) >= 11 is 3.41. The first-order valence-corrected chi connectivity index (χ1v) is 8.10. The fourth-order valence-corrected chi connectivity index (χ4v) is 2.76. The molecule has 1 heterocycles. The van der Waals surface area contributed by atoms with Crippen LogP contribution in [0.3, 0.4) is 0 Å². The SMILES string of the molecule is CC(C)CCN1CC(C(=O)Nc2ccccc2Br)CC1=O. The third kappa shape index (κ3) is 4.30. The maximum Gasteiger partial charge on any atom is 0.229 e. The molecule has 0 aliphatic carbocycles. The van der Waals surface area contributed by atoms with E-state index in [1.807, 2.05) is 29.2 Å². The normalized spacial score (nSPS) is 18.4. The quantitative estimate of drug-likeness (QED) is 0.883. The number of hydrogen-bond donors (Lipinski definition) is 1. The van der Waals surface area contributed by atoms with Gasteiger partial charge in [0.05, 0.1) is 11.6 Å². The molecule has 1 saturated heterocycles. The molecule has 2 rings (SSSR count). The molecule has 4 nitrogen and oxygen atoms in total. The van der Waals surface area contributed by atoms with Gasteiger partial charge in [0, 0.05) is 24.0 Å². The van der Waals surface area contributed by atoms with Crippen molar-refractivity contribution in [2.75, 3.05) is 18.4 Å². The van der Waals surface area contributed by atoms with Crippen LogP contribution in [0.25, 0.3) is 0 Å². The van der Waals surface area contributed by atoms with Crippen molar-refractivity contribution in [1.82, 2.24) is 4.90 Å². The fraction of sp³-hybridized carbons (Fsp3) is 0.500. The molecule has 2 amide bonds. The van der Waals surface area contributed by atoms with Crippen molar-refractivity contribution < 1.29 is 9.59 Å².